The van der Waals surface area contributed by atoms with Crippen LogP contribution in [0.2, 0.25) is 0 Å². The number of rotatable bonds is 6. The average molecular weight is 359 g/mol. The lowest BCUT2D eigenvalue weighted by atomic mass is 10.1. The second-order valence-electron chi connectivity index (χ2n) is 6.02. The van der Waals surface area contributed by atoms with Crippen LogP contribution in [0, 0.1) is 0 Å². The van der Waals surface area contributed by atoms with Gasteiger partial charge in [-0.25, -0.2) is 17.5 Å². The van der Waals surface area contributed by atoms with E-state index in [9.17, 15) is 13.2 Å². The van der Waals surface area contributed by atoms with Crippen LogP contribution in [0.4, 0.5) is 10.6 Å². The topological polar surface area (TPSA) is 106 Å². The van der Waals surface area contributed by atoms with Gasteiger partial charge in [-0.1, -0.05) is 0 Å². The number of nitrogens with one attached hydrogen (secondary N) is 2. The minimum atomic E-state index is -3.15. The molecule has 2 rings (SSSR count). The van der Waals surface area contributed by atoms with E-state index in [2.05, 4.69) is 15.7 Å². The van der Waals surface area contributed by atoms with Crippen LogP contribution in [0.25, 0.3) is 0 Å². The van der Waals surface area contributed by atoms with E-state index in [0.717, 1.165) is 0 Å². The standard InChI is InChI=1S/C14H25N5O4S/c1-11(10-23-2)19-9-6-13(17-19)16-14(20)15-12-4-7-18(8-5-12)24(3,21)22/h6,9,11-12H,4-5,7-8,10H2,1-3H3,(H2,15,16,17,20). The zero-order chi connectivity index (χ0) is 17.7. The van der Waals surface area contributed by atoms with Gasteiger partial charge in [-0.05, 0) is 19.8 Å². The third kappa shape index (κ3) is 5.18. The molecule has 0 radical (unpaired) electrons. The number of nitrogens with zero attached hydrogens (tertiary/aromatic N) is 3. The van der Waals surface area contributed by atoms with Crippen LogP contribution in [0.5, 0.6) is 0 Å². The van der Waals surface area contributed by atoms with Crippen LogP contribution in [0.3, 0.4) is 0 Å². The predicted molar refractivity (Wildman–Crippen MR) is 90.4 cm³/mol. The number of ether oxygens (including phenoxy) is 1. The molecular weight excluding hydrogens is 334 g/mol. The van der Waals surface area contributed by atoms with Gasteiger partial charge in [-0.2, -0.15) is 5.10 Å². The Morgan fingerprint density at radius 3 is 2.71 bits per heavy atom. The zero-order valence-electron chi connectivity index (χ0n) is 14.2. The molecule has 2 N–H and O–H groups in total. The van der Waals surface area contributed by atoms with E-state index in [1.54, 1.807) is 24.1 Å². The summed E-state index contributed by atoms with van der Waals surface area (Å²) in [5.41, 5.74) is 0. The molecule has 1 aromatic heterocycles. The molecule has 1 unspecified atom stereocenters. The van der Waals surface area contributed by atoms with Gasteiger partial charge >= 0.3 is 6.03 Å². The highest BCUT2D eigenvalue weighted by molar-refractivity contribution is 7.88. The number of urea groups is 1. The molecule has 1 aromatic rings. The van der Waals surface area contributed by atoms with Gasteiger partial charge in [0.2, 0.25) is 10.0 Å². The Morgan fingerprint density at radius 1 is 1.46 bits per heavy atom. The van der Waals surface area contributed by atoms with Gasteiger partial charge in [0.15, 0.2) is 5.82 Å². The van der Waals surface area contributed by atoms with Crippen molar-refractivity contribution in [2.75, 3.05) is 38.4 Å². The molecular formula is C14H25N5O4S. The van der Waals surface area contributed by atoms with E-state index in [1.165, 1.54) is 10.6 Å². The average Bonchev–Trinajstić information content (AvgIpc) is 2.95. The fraction of sp³-hybridized carbons (Fsp3) is 0.714. The second kappa shape index (κ2) is 7.95. The van der Waals surface area contributed by atoms with Crippen LogP contribution < -0.4 is 10.6 Å². The van der Waals surface area contributed by atoms with Crippen LogP contribution in [0.15, 0.2) is 12.3 Å². The van der Waals surface area contributed by atoms with Gasteiger partial charge in [-0.3, -0.25) is 10.00 Å². The Labute approximate surface area is 142 Å². The van der Waals surface area contributed by atoms with Crippen molar-refractivity contribution in [1.82, 2.24) is 19.4 Å². The van der Waals surface area contributed by atoms with E-state index in [1.807, 2.05) is 6.92 Å². The van der Waals surface area contributed by atoms with Gasteiger partial charge in [-0.15, -0.1) is 0 Å². The number of hydrogen-bond donors (Lipinski definition) is 2. The van der Waals surface area contributed by atoms with Crippen molar-refractivity contribution in [3.05, 3.63) is 12.3 Å². The first kappa shape index (κ1) is 18.7. The molecule has 1 saturated heterocycles. The monoisotopic (exact) mass is 359 g/mol. The Kier molecular flexibility index (Phi) is 6.19. The largest absolute Gasteiger partial charge is 0.382 e. The Hall–Kier alpha value is -1.65. The maximum absolute atomic E-state index is 12.0. The SMILES string of the molecule is COCC(C)n1ccc(NC(=O)NC2CCN(S(C)(=O)=O)CC2)n1. The number of aromatic nitrogens is 2. The van der Waals surface area contributed by atoms with Crippen LogP contribution in [-0.4, -0.2) is 67.6 Å². The number of hydrogen-bond acceptors (Lipinski definition) is 5. The molecule has 1 aliphatic rings. The minimum Gasteiger partial charge on any atom is -0.382 e. The van der Waals surface area contributed by atoms with Crippen molar-refractivity contribution in [3.8, 4) is 0 Å². The molecule has 9 nitrogen and oxygen atoms in total. The zero-order valence-corrected chi connectivity index (χ0v) is 15.0. The fourth-order valence-electron chi connectivity index (χ4n) is 2.64. The van der Waals surface area contributed by atoms with Gasteiger partial charge in [0.1, 0.15) is 0 Å². The molecule has 2 heterocycles. The van der Waals surface area contributed by atoms with Crippen molar-refractivity contribution < 1.29 is 17.9 Å². The number of methoxy groups -OCH3 is 1. The van der Waals surface area contributed by atoms with Gasteiger partial charge in [0.25, 0.3) is 0 Å². The van der Waals surface area contributed by atoms with Crippen LogP contribution in [0.1, 0.15) is 25.8 Å². The molecule has 1 atom stereocenters. The first-order valence-corrected chi connectivity index (χ1v) is 9.71. The lowest BCUT2D eigenvalue weighted by molar-refractivity contribution is 0.157. The third-order valence-electron chi connectivity index (χ3n) is 3.97. The lowest BCUT2D eigenvalue weighted by Crippen LogP contribution is -2.47. The van der Waals surface area contributed by atoms with Crippen LogP contribution in [-0.2, 0) is 14.8 Å². The summed E-state index contributed by atoms with van der Waals surface area (Å²) < 4.78 is 31.2. The van der Waals surface area contributed by atoms with E-state index in [4.69, 9.17) is 4.74 Å². The number of anilines is 1. The van der Waals surface area contributed by atoms with Crippen molar-refractivity contribution in [1.29, 1.82) is 0 Å². The highest BCUT2D eigenvalue weighted by Gasteiger charge is 2.25. The maximum atomic E-state index is 12.0. The van der Waals surface area contributed by atoms with E-state index in [0.29, 0.717) is 38.4 Å². The maximum Gasteiger partial charge on any atom is 0.320 e. The summed E-state index contributed by atoms with van der Waals surface area (Å²) in [6.45, 7) is 3.35. The van der Waals surface area contributed by atoms with Crippen molar-refractivity contribution in [3.63, 3.8) is 0 Å². The predicted octanol–water partition coefficient (Wildman–Crippen LogP) is 0.636. The molecule has 0 spiro atoms. The molecule has 0 bridgehead atoms. The summed E-state index contributed by atoms with van der Waals surface area (Å²) in [5, 5.41) is 9.83. The van der Waals surface area contributed by atoms with E-state index < -0.39 is 10.0 Å². The number of carbonyl (C=O) groups is 1. The minimum absolute atomic E-state index is 0.0440. The summed E-state index contributed by atoms with van der Waals surface area (Å²) >= 11 is 0. The second-order valence-corrected chi connectivity index (χ2v) is 8.00. The molecule has 2 amide bonds. The number of carbonyl (C=O) groups excluding carboxylic acids is 1. The van der Waals surface area contributed by atoms with Crippen molar-refractivity contribution in [2.24, 2.45) is 0 Å². The smallest absolute Gasteiger partial charge is 0.320 e. The quantitative estimate of drug-likeness (QED) is 0.775. The third-order valence-corrected chi connectivity index (χ3v) is 5.27. The Morgan fingerprint density at radius 2 is 2.12 bits per heavy atom. The van der Waals surface area contributed by atoms with Crippen LogP contribution >= 0.6 is 0 Å². The normalized spacial score (nSPS) is 18.3. The molecule has 1 aliphatic heterocycles. The van der Waals surface area contributed by atoms with Crippen molar-refractivity contribution in [2.45, 2.75) is 31.8 Å². The molecule has 10 heteroatoms. The lowest BCUT2D eigenvalue weighted by Gasteiger charge is -2.30. The van der Waals surface area contributed by atoms with E-state index >= 15 is 0 Å². The summed E-state index contributed by atoms with van der Waals surface area (Å²) in [4.78, 5) is 12.0. The molecule has 0 aromatic carbocycles. The summed E-state index contributed by atoms with van der Waals surface area (Å²) in [7, 11) is -1.53. The first-order chi connectivity index (χ1) is 11.3. The summed E-state index contributed by atoms with van der Waals surface area (Å²) in [5.74, 6) is 0.462. The van der Waals surface area contributed by atoms with Gasteiger partial charge < -0.3 is 10.1 Å². The number of sulfonamides is 1. The highest BCUT2D eigenvalue weighted by atomic mass is 32.2. The number of amides is 2. The Bertz CT molecular complexity index is 652. The Balaban J connectivity index is 1.80. The number of piperidine rings is 1. The summed E-state index contributed by atoms with van der Waals surface area (Å²) in [6.07, 6.45) is 4.18. The van der Waals surface area contributed by atoms with E-state index in [-0.39, 0.29) is 18.1 Å². The fourth-order valence-corrected chi connectivity index (χ4v) is 3.51. The van der Waals surface area contributed by atoms with Crippen molar-refractivity contribution >= 4 is 21.9 Å². The first-order valence-electron chi connectivity index (χ1n) is 7.86. The molecule has 0 saturated carbocycles. The van der Waals surface area contributed by atoms with Gasteiger partial charge in [0, 0.05) is 38.5 Å². The summed E-state index contributed by atoms with van der Waals surface area (Å²) in [6, 6.07) is 1.42. The molecule has 0 aliphatic carbocycles. The molecule has 136 valence electrons. The molecule has 1 fully saturated rings. The van der Waals surface area contributed by atoms with Gasteiger partial charge in [0.05, 0.1) is 18.9 Å². The molecule has 24 heavy (non-hydrogen) atoms. The highest BCUT2D eigenvalue weighted by Crippen LogP contribution is 2.14.